The van der Waals surface area contributed by atoms with Crippen molar-refractivity contribution >= 4 is 73.4 Å². The van der Waals surface area contributed by atoms with E-state index in [1.54, 1.807) is 0 Å². The second-order valence-electron chi connectivity index (χ2n) is 15.1. The molecule has 0 spiro atoms. The van der Waals surface area contributed by atoms with Crippen LogP contribution in [0.25, 0.3) is 54.2 Å². The monoisotopic (exact) mass is 633 g/mol. The Morgan fingerprint density at radius 3 is 1.35 bits per heavy atom. The minimum Gasteiger partial charge on any atom is -0.310 e. The highest BCUT2D eigenvalue weighted by atomic mass is 28.3. The fourth-order valence-corrected chi connectivity index (χ4v) is 9.42. The van der Waals surface area contributed by atoms with Crippen LogP contribution in [-0.2, 0) is 5.41 Å². The fourth-order valence-electron chi connectivity index (χ4n) is 8.25. The molecule has 0 aromatic heterocycles. The average Bonchev–Trinajstić information content (AvgIpc) is 3.34. The number of benzene rings is 8. The molecule has 1 nitrogen and oxygen atoms in total. The molecule has 0 bridgehead atoms. The second kappa shape index (κ2) is 10.4. The van der Waals surface area contributed by atoms with Crippen molar-refractivity contribution in [2.45, 2.75) is 38.9 Å². The molecule has 0 aliphatic heterocycles. The van der Waals surface area contributed by atoms with Crippen molar-refractivity contribution in [3.05, 3.63) is 157 Å². The number of nitrogens with zero attached hydrogens (tertiary/aromatic N) is 1. The maximum absolute atomic E-state index is 2.46. The minimum absolute atomic E-state index is 0.123. The lowest BCUT2D eigenvalue weighted by Crippen LogP contribution is -2.37. The van der Waals surface area contributed by atoms with Crippen molar-refractivity contribution in [2.24, 2.45) is 0 Å². The third kappa shape index (κ3) is 4.43. The van der Waals surface area contributed by atoms with Crippen LogP contribution in [0.4, 0.5) is 17.1 Å². The molecule has 0 saturated carbocycles. The zero-order valence-electron chi connectivity index (χ0n) is 28.3. The summed E-state index contributed by atoms with van der Waals surface area (Å²) in [6, 6.07) is 54.6. The summed E-state index contributed by atoms with van der Waals surface area (Å²) in [5, 5.41) is 11.8. The van der Waals surface area contributed by atoms with Crippen molar-refractivity contribution in [2.75, 3.05) is 4.90 Å². The van der Waals surface area contributed by atoms with Gasteiger partial charge in [-0.15, -0.1) is 0 Å². The molecule has 8 aromatic carbocycles. The largest absolute Gasteiger partial charge is 0.310 e. The van der Waals surface area contributed by atoms with Crippen LogP contribution in [0.1, 0.15) is 25.0 Å². The predicted molar refractivity (Wildman–Crippen MR) is 212 cm³/mol. The van der Waals surface area contributed by atoms with Gasteiger partial charge in [-0.1, -0.05) is 148 Å². The molecule has 9 rings (SSSR count). The summed E-state index contributed by atoms with van der Waals surface area (Å²) in [5.41, 5.74) is 8.99. The molecule has 2 heteroatoms. The Balaban J connectivity index is 1.22. The van der Waals surface area contributed by atoms with Gasteiger partial charge in [-0.05, 0) is 102 Å². The Hall–Kier alpha value is -5.18. The third-order valence-electron chi connectivity index (χ3n) is 10.7. The molecule has 48 heavy (non-hydrogen) atoms. The van der Waals surface area contributed by atoms with E-state index < -0.39 is 8.07 Å². The highest BCUT2D eigenvalue weighted by molar-refractivity contribution is 6.88. The topological polar surface area (TPSA) is 3.24 Å². The first-order chi connectivity index (χ1) is 23.2. The van der Waals surface area contributed by atoms with Crippen molar-refractivity contribution in [3.63, 3.8) is 0 Å². The van der Waals surface area contributed by atoms with Gasteiger partial charge in [-0.3, -0.25) is 0 Å². The molecule has 0 radical (unpaired) electrons. The SMILES string of the molecule is CC1(C)c2c(ccc3cc(N(c4ccc5ccccc5c4)c4ccc5ccccc5c4)ccc23)-c2ccc3cc([Si](C)(C)C)ccc3c21. The smallest absolute Gasteiger partial charge is 0.0776 e. The van der Waals surface area contributed by atoms with Gasteiger partial charge in [0, 0.05) is 22.5 Å². The van der Waals surface area contributed by atoms with E-state index in [4.69, 9.17) is 0 Å². The third-order valence-corrected chi connectivity index (χ3v) is 12.7. The standard InChI is InChI=1S/C46H39NSi/c1-46(2)44-40-24-20-38(28-34(40)16-22-42(44)43-23-17-35-29-39(48(3,4)5)21-25-41(35)45(43)46)47(36-18-14-30-10-6-8-12-32(30)26-36)37-19-15-31-11-7-9-13-33(31)27-37/h6-29H,1-5H3. The van der Waals surface area contributed by atoms with Gasteiger partial charge in [0.2, 0.25) is 0 Å². The molecule has 0 amide bonds. The van der Waals surface area contributed by atoms with Gasteiger partial charge in [-0.25, -0.2) is 0 Å². The van der Waals surface area contributed by atoms with Crippen LogP contribution in [0, 0.1) is 0 Å². The lowest BCUT2D eigenvalue weighted by Gasteiger charge is -2.28. The van der Waals surface area contributed by atoms with Crippen molar-refractivity contribution < 1.29 is 0 Å². The van der Waals surface area contributed by atoms with Crippen LogP contribution in [0.15, 0.2) is 146 Å². The summed E-state index contributed by atoms with van der Waals surface area (Å²) in [7, 11) is -1.41. The van der Waals surface area contributed by atoms with Gasteiger partial charge in [-0.2, -0.15) is 0 Å². The molecule has 0 atom stereocenters. The average molecular weight is 634 g/mol. The Morgan fingerprint density at radius 2 is 0.833 bits per heavy atom. The van der Waals surface area contributed by atoms with Crippen LogP contribution in [0.3, 0.4) is 0 Å². The molecule has 8 aromatic rings. The Bertz CT molecular complexity index is 2510. The molecule has 1 aliphatic rings. The Morgan fingerprint density at radius 1 is 0.417 bits per heavy atom. The van der Waals surface area contributed by atoms with E-state index in [-0.39, 0.29) is 5.41 Å². The normalized spacial score (nSPS) is 13.7. The summed E-state index contributed by atoms with van der Waals surface area (Å²) in [6.45, 7) is 12.1. The maximum Gasteiger partial charge on any atom is 0.0776 e. The lowest BCUT2D eigenvalue weighted by molar-refractivity contribution is 0.672. The summed E-state index contributed by atoms with van der Waals surface area (Å²) in [4.78, 5) is 2.41. The van der Waals surface area contributed by atoms with E-state index in [1.807, 2.05) is 0 Å². The number of hydrogen-bond acceptors (Lipinski definition) is 1. The number of hydrogen-bond donors (Lipinski definition) is 0. The van der Waals surface area contributed by atoms with E-state index in [2.05, 4.69) is 184 Å². The molecule has 0 unspecified atom stereocenters. The molecule has 1 aliphatic carbocycles. The molecule has 0 fully saturated rings. The van der Waals surface area contributed by atoms with E-state index in [1.165, 1.54) is 70.5 Å². The van der Waals surface area contributed by atoms with Gasteiger partial charge in [0.1, 0.15) is 0 Å². The number of rotatable bonds is 4. The van der Waals surface area contributed by atoms with E-state index >= 15 is 0 Å². The van der Waals surface area contributed by atoms with E-state index in [0.717, 1.165) is 17.1 Å². The molecular weight excluding hydrogens is 595 g/mol. The first-order valence-electron chi connectivity index (χ1n) is 17.1. The van der Waals surface area contributed by atoms with Crippen LogP contribution in [0.5, 0.6) is 0 Å². The van der Waals surface area contributed by atoms with Crippen molar-refractivity contribution in [1.29, 1.82) is 0 Å². The van der Waals surface area contributed by atoms with Gasteiger partial charge in [0.25, 0.3) is 0 Å². The molecule has 0 heterocycles. The van der Waals surface area contributed by atoms with Crippen LogP contribution in [0.2, 0.25) is 19.6 Å². The quantitative estimate of drug-likeness (QED) is 0.174. The number of anilines is 3. The van der Waals surface area contributed by atoms with Gasteiger partial charge in [0.05, 0.1) is 8.07 Å². The highest BCUT2D eigenvalue weighted by Gasteiger charge is 2.38. The fraction of sp³-hybridized carbons (Fsp3) is 0.130. The van der Waals surface area contributed by atoms with E-state index in [9.17, 15) is 0 Å². The van der Waals surface area contributed by atoms with Crippen LogP contribution >= 0.6 is 0 Å². The van der Waals surface area contributed by atoms with Crippen LogP contribution < -0.4 is 10.1 Å². The second-order valence-corrected chi connectivity index (χ2v) is 20.2. The van der Waals surface area contributed by atoms with Gasteiger partial charge >= 0.3 is 0 Å². The van der Waals surface area contributed by atoms with Gasteiger partial charge < -0.3 is 4.90 Å². The zero-order chi connectivity index (χ0) is 32.8. The zero-order valence-corrected chi connectivity index (χ0v) is 29.3. The summed E-state index contributed by atoms with van der Waals surface area (Å²) < 4.78 is 0. The van der Waals surface area contributed by atoms with E-state index in [0.29, 0.717) is 0 Å². The summed E-state index contributed by atoms with van der Waals surface area (Å²) in [6.07, 6.45) is 0. The maximum atomic E-state index is 2.46. The lowest BCUT2D eigenvalue weighted by atomic mass is 9.78. The molecule has 0 N–H and O–H groups in total. The van der Waals surface area contributed by atoms with Gasteiger partial charge in [0.15, 0.2) is 0 Å². The van der Waals surface area contributed by atoms with Crippen LogP contribution in [-0.4, -0.2) is 8.07 Å². The predicted octanol–water partition coefficient (Wildman–Crippen LogP) is 12.6. The Kier molecular flexibility index (Phi) is 6.29. The molecular formula is C46H39NSi. The first kappa shape index (κ1) is 29.0. The number of fused-ring (bicyclic) bond motifs is 9. The molecule has 0 saturated heterocycles. The summed E-state index contributed by atoms with van der Waals surface area (Å²) in [5.74, 6) is 0. The molecule has 232 valence electrons. The van der Waals surface area contributed by atoms with Crippen molar-refractivity contribution in [1.82, 2.24) is 0 Å². The summed E-state index contributed by atoms with van der Waals surface area (Å²) >= 11 is 0. The van der Waals surface area contributed by atoms with Crippen molar-refractivity contribution in [3.8, 4) is 11.1 Å². The first-order valence-corrected chi connectivity index (χ1v) is 20.6. The Labute approximate surface area is 284 Å². The highest BCUT2D eigenvalue weighted by Crippen LogP contribution is 2.54. The minimum atomic E-state index is -1.41.